The zero-order valence-corrected chi connectivity index (χ0v) is 5.57. The Morgan fingerprint density at radius 2 is 2.50 bits per heavy atom. The summed E-state index contributed by atoms with van der Waals surface area (Å²) in [6.07, 6.45) is 4.68. The molecule has 0 radical (unpaired) electrons. The number of rotatable bonds is 1. The van der Waals surface area contributed by atoms with Crippen molar-refractivity contribution in [1.29, 1.82) is 0 Å². The molecule has 0 saturated heterocycles. The molecule has 0 aromatic heterocycles. The van der Waals surface area contributed by atoms with Gasteiger partial charge in [0.15, 0.2) is 0 Å². The summed E-state index contributed by atoms with van der Waals surface area (Å²) in [6.45, 7) is 6.65. The molecule has 0 spiro atoms. The van der Waals surface area contributed by atoms with Gasteiger partial charge in [0.25, 0.3) is 0 Å². The summed E-state index contributed by atoms with van der Waals surface area (Å²) in [5.41, 5.74) is 3.00. The van der Waals surface area contributed by atoms with Crippen molar-refractivity contribution in [3.05, 3.63) is 11.5 Å². The van der Waals surface area contributed by atoms with Crippen LogP contribution < -0.4 is 0 Å². The van der Waals surface area contributed by atoms with Crippen LogP contribution in [0.15, 0.2) is 11.5 Å². The molecule has 1 heteroatoms. The number of hydrogen-bond donors (Lipinski definition) is 0. The maximum atomic E-state index is 2.30. The molecule has 0 atom stereocenters. The van der Waals surface area contributed by atoms with Crippen molar-refractivity contribution < 1.29 is 0 Å². The van der Waals surface area contributed by atoms with Crippen molar-refractivity contribution in [2.24, 2.45) is 0 Å². The Hall–Kier alpha value is -0.325. The van der Waals surface area contributed by atoms with Crippen molar-refractivity contribution in [3.8, 4) is 0 Å². The molecule has 0 nitrogen and oxygen atoms in total. The van der Waals surface area contributed by atoms with E-state index >= 15 is 0 Å². The van der Waals surface area contributed by atoms with Gasteiger partial charge < -0.3 is 0 Å². The Bertz CT molecular complexity index is 142. The topological polar surface area (TPSA) is 0 Å². The van der Waals surface area contributed by atoms with Crippen LogP contribution in [0.2, 0.25) is 0 Å². The van der Waals surface area contributed by atoms with E-state index in [1.807, 2.05) is 0 Å². The van der Waals surface area contributed by atoms with E-state index in [4.69, 9.17) is 0 Å². The predicted molar refractivity (Wildman–Crippen MR) is 39.4 cm³/mol. The third-order valence-electron chi connectivity index (χ3n) is 1.53. The molecule has 0 saturated carbocycles. The molecule has 0 aliphatic carbocycles. The Kier molecular flexibility index (Phi) is 1.67. The predicted octanol–water partition coefficient (Wildman–Crippen LogP) is 1.58. The van der Waals surface area contributed by atoms with Gasteiger partial charge in [-0.2, -0.15) is 0 Å². The third kappa shape index (κ3) is 1.09. The summed E-state index contributed by atoms with van der Waals surface area (Å²) in [6, 6.07) is 0. The molecule has 0 N–H and O–H groups in total. The van der Waals surface area contributed by atoms with E-state index in [9.17, 15) is 0 Å². The van der Waals surface area contributed by atoms with Crippen LogP contribution in [0.1, 0.15) is 26.7 Å². The fourth-order valence-electron chi connectivity index (χ4n) is 0.973. The first-order chi connectivity index (χ1) is 3.83. The van der Waals surface area contributed by atoms with Crippen LogP contribution in [0, 0.1) is 0 Å². The monoisotopic (exact) mass is 106 g/mol. The van der Waals surface area contributed by atoms with E-state index in [0.29, 0.717) is 0 Å². The molecule has 0 aromatic rings. The molecule has 0 fully saturated rings. The normalized spacial score (nSPS) is 17.2. The fourth-order valence-corrected chi connectivity index (χ4v) is 0.973. The summed E-state index contributed by atoms with van der Waals surface area (Å²) in [5, 5.41) is 0. The first-order valence-corrected chi connectivity index (χ1v) is 3.19. The van der Waals surface area contributed by atoms with Gasteiger partial charge in [-0.05, 0) is 0 Å². The van der Waals surface area contributed by atoms with Crippen molar-refractivity contribution >= 4 is 12.4 Å². The van der Waals surface area contributed by atoms with Crippen LogP contribution in [0.4, 0.5) is 0 Å². The van der Waals surface area contributed by atoms with Crippen molar-refractivity contribution in [1.82, 2.24) is 0 Å². The second kappa shape index (κ2) is 2.30. The molecular weight excluding hydrogens is 94.9 g/mol. The minimum absolute atomic E-state index is 1.18. The first-order valence-electron chi connectivity index (χ1n) is 3.19. The molecule has 1 rings (SSSR count). The van der Waals surface area contributed by atoms with Gasteiger partial charge >= 0.3 is 50.6 Å². The van der Waals surface area contributed by atoms with Crippen LogP contribution in [0.5, 0.6) is 0 Å². The molecular formula is C7H11B. The minimum atomic E-state index is 1.18. The number of allylic oxidation sites excluding steroid dienone is 2. The summed E-state index contributed by atoms with van der Waals surface area (Å²) < 4.78 is 0. The Labute approximate surface area is 51.5 Å². The molecule has 0 aromatic carbocycles. The molecule has 1 heterocycles. The summed E-state index contributed by atoms with van der Waals surface area (Å²) in [7, 11) is 0. The molecule has 8 heavy (non-hydrogen) atoms. The molecule has 0 unspecified atom stereocenters. The van der Waals surface area contributed by atoms with Gasteiger partial charge in [0, 0.05) is 0 Å². The van der Waals surface area contributed by atoms with Gasteiger partial charge in [0.2, 0.25) is 0 Å². The van der Waals surface area contributed by atoms with Gasteiger partial charge in [-0.15, -0.1) is 0 Å². The van der Waals surface area contributed by atoms with Crippen molar-refractivity contribution in [3.63, 3.8) is 0 Å². The Morgan fingerprint density at radius 3 is 2.75 bits per heavy atom. The van der Waals surface area contributed by atoms with Crippen LogP contribution in [0.3, 0.4) is 0 Å². The van der Waals surface area contributed by atoms with Crippen LogP contribution in [-0.2, 0) is 0 Å². The quantitative estimate of drug-likeness (QED) is 0.445. The van der Waals surface area contributed by atoms with Gasteiger partial charge in [-0.25, -0.2) is 0 Å². The van der Waals surface area contributed by atoms with Crippen LogP contribution in [0.25, 0.3) is 0 Å². The fraction of sp³-hybridized carbons (Fsp3) is 0.571. The average molecular weight is 106 g/mol. The van der Waals surface area contributed by atoms with E-state index < -0.39 is 0 Å². The zero-order chi connectivity index (χ0) is 5.98. The van der Waals surface area contributed by atoms with Gasteiger partial charge in [-0.1, -0.05) is 0 Å². The van der Waals surface area contributed by atoms with Gasteiger partial charge in [-0.3, -0.25) is 0 Å². The third-order valence-corrected chi connectivity index (χ3v) is 1.53. The average Bonchev–Trinajstić information content (AvgIpc) is 2.14. The van der Waals surface area contributed by atoms with Crippen molar-refractivity contribution in [2.75, 3.05) is 0 Å². The summed E-state index contributed by atoms with van der Waals surface area (Å²) in [4.78, 5) is 0. The van der Waals surface area contributed by atoms with E-state index in [1.165, 1.54) is 23.8 Å². The molecule has 0 bridgehead atoms. The zero-order valence-electron chi connectivity index (χ0n) is 5.57. The van der Waals surface area contributed by atoms with Gasteiger partial charge in [0.05, 0.1) is 0 Å². The number of hydrogen-bond acceptors (Lipinski definition) is 0. The second-order valence-corrected chi connectivity index (χ2v) is 2.33. The SMILES string of the molecule is CCC1=CCC(C)=B1. The maximum absolute atomic E-state index is 2.30. The summed E-state index contributed by atoms with van der Waals surface area (Å²) >= 11 is 0. The molecule has 0 amide bonds. The van der Waals surface area contributed by atoms with E-state index in [-0.39, 0.29) is 0 Å². The standard InChI is InChI=1S/C7H11B/c1-3-7-5-4-6(2)8-7/h5H,3-4H2,1-2H3. The Balaban J connectivity index is 2.58. The second-order valence-electron chi connectivity index (χ2n) is 2.33. The molecule has 42 valence electrons. The first kappa shape index (κ1) is 5.81. The van der Waals surface area contributed by atoms with Gasteiger partial charge in [0.1, 0.15) is 0 Å². The van der Waals surface area contributed by atoms with E-state index in [0.717, 1.165) is 0 Å². The van der Waals surface area contributed by atoms with E-state index in [1.54, 1.807) is 0 Å². The molecule has 1 aliphatic rings. The van der Waals surface area contributed by atoms with Crippen molar-refractivity contribution in [2.45, 2.75) is 26.7 Å². The molecule has 1 aliphatic heterocycles. The Morgan fingerprint density at radius 1 is 1.75 bits per heavy atom. The van der Waals surface area contributed by atoms with Crippen LogP contribution >= 0.6 is 0 Å². The summed E-state index contributed by atoms with van der Waals surface area (Å²) in [5.74, 6) is 0. The van der Waals surface area contributed by atoms with E-state index in [2.05, 4.69) is 26.8 Å². The van der Waals surface area contributed by atoms with Crippen LogP contribution in [-0.4, -0.2) is 12.4 Å².